The standard InChI is InChI=1S/C13H13Cl4F3N2O/c1-6(2)10(23)22-11(12(15,16)17)21-9-5-7(14)3-4-8(9)13(18,19)20/h3-6,11,21H,1-2H3,(H,22,23). The third-order valence-corrected chi connectivity index (χ3v) is 3.61. The zero-order chi connectivity index (χ0) is 18.0. The molecular formula is C13H13Cl4F3N2O. The minimum atomic E-state index is -4.65. The molecule has 0 spiro atoms. The van der Waals surface area contributed by atoms with E-state index in [9.17, 15) is 18.0 Å². The minimum absolute atomic E-state index is 0.0544. The number of hydrogen-bond donors (Lipinski definition) is 2. The molecule has 0 heterocycles. The Morgan fingerprint density at radius 1 is 1.17 bits per heavy atom. The van der Waals surface area contributed by atoms with E-state index in [-0.39, 0.29) is 5.02 Å². The molecule has 0 aliphatic rings. The van der Waals surface area contributed by atoms with Gasteiger partial charge in [-0.2, -0.15) is 13.2 Å². The minimum Gasteiger partial charge on any atom is -0.361 e. The summed E-state index contributed by atoms with van der Waals surface area (Å²) < 4.78 is 37.1. The average Bonchev–Trinajstić information content (AvgIpc) is 2.35. The maximum atomic E-state index is 13.0. The number of benzene rings is 1. The van der Waals surface area contributed by atoms with Crippen molar-refractivity contribution < 1.29 is 18.0 Å². The first kappa shape index (κ1) is 20.5. The van der Waals surface area contributed by atoms with Crippen LogP contribution >= 0.6 is 46.4 Å². The van der Waals surface area contributed by atoms with E-state index in [1.807, 2.05) is 0 Å². The summed E-state index contributed by atoms with van der Waals surface area (Å²) in [6.07, 6.45) is -6.03. The van der Waals surface area contributed by atoms with E-state index in [2.05, 4.69) is 10.6 Å². The number of hydrogen-bond acceptors (Lipinski definition) is 2. The van der Waals surface area contributed by atoms with Crippen LogP contribution < -0.4 is 10.6 Å². The molecule has 23 heavy (non-hydrogen) atoms. The van der Waals surface area contributed by atoms with Crippen LogP contribution in [-0.2, 0) is 11.0 Å². The Bertz CT molecular complexity index is 573. The topological polar surface area (TPSA) is 41.1 Å². The summed E-state index contributed by atoms with van der Waals surface area (Å²) in [5.74, 6) is -0.947. The fraction of sp³-hybridized carbons (Fsp3) is 0.462. The van der Waals surface area contributed by atoms with Gasteiger partial charge in [0.15, 0.2) is 0 Å². The van der Waals surface area contributed by atoms with Gasteiger partial charge in [-0.05, 0) is 18.2 Å². The Labute approximate surface area is 151 Å². The molecule has 0 saturated carbocycles. The van der Waals surface area contributed by atoms with Crippen LogP contribution in [0.25, 0.3) is 0 Å². The molecule has 0 radical (unpaired) electrons. The number of nitrogens with one attached hydrogen (secondary N) is 2. The van der Waals surface area contributed by atoms with Crippen molar-refractivity contribution in [3.05, 3.63) is 28.8 Å². The molecule has 1 atom stereocenters. The zero-order valence-electron chi connectivity index (χ0n) is 11.9. The Morgan fingerprint density at radius 3 is 2.17 bits per heavy atom. The first-order valence-electron chi connectivity index (χ1n) is 6.32. The van der Waals surface area contributed by atoms with Gasteiger partial charge < -0.3 is 10.6 Å². The SMILES string of the molecule is CC(C)C(=O)NC(Nc1cc(Cl)ccc1C(F)(F)F)C(Cl)(Cl)Cl. The smallest absolute Gasteiger partial charge is 0.361 e. The molecule has 0 bridgehead atoms. The molecule has 1 unspecified atom stereocenters. The van der Waals surface area contributed by atoms with Crippen molar-refractivity contribution in [2.24, 2.45) is 5.92 Å². The van der Waals surface area contributed by atoms with Gasteiger partial charge in [0, 0.05) is 16.6 Å². The van der Waals surface area contributed by atoms with E-state index >= 15 is 0 Å². The second kappa shape index (κ2) is 7.55. The van der Waals surface area contributed by atoms with Gasteiger partial charge in [-0.3, -0.25) is 4.79 Å². The van der Waals surface area contributed by atoms with Crippen LogP contribution in [0.15, 0.2) is 18.2 Å². The monoisotopic (exact) mass is 410 g/mol. The van der Waals surface area contributed by atoms with Gasteiger partial charge >= 0.3 is 6.18 Å². The molecule has 0 aliphatic heterocycles. The van der Waals surface area contributed by atoms with Crippen molar-refractivity contribution in [3.63, 3.8) is 0 Å². The highest BCUT2D eigenvalue weighted by Crippen LogP contribution is 2.38. The van der Waals surface area contributed by atoms with Gasteiger partial charge in [0.2, 0.25) is 9.70 Å². The highest BCUT2D eigenvalue weighted by molar-refractivity contribution is 6.68. The van der Waals surface area contributed by atoms with E-state index < -0.39 is 39.2 Å². The third-order valence-electron chi connectivity index (χ3n) is 2.73. The van der Waals surface area contributed by atoms with Crippen molar-refractivity contribution >= 4 is 58.0 Å². The number of halogens is 7. The van der Waals surface area contributed by atoms with Gasteiger partial charge in [-0.15, -0.1) is 0 Å². The van der Waals surface area contributed by atoms with Crippen molar-refractivity contribution in [1.29, 1.82) is 0 Å². The van der Waals surface area contributed by atoms with Crippen LogP contribution in [0.2, 0.25) is 5.02 Å². The molecule has 0 aromatic heterocycles. The first-order chi connectivity index (χ1) is 10.3. The van der Waals surface area contributed by atoms with Crippen LogP contribution in [-0.4, -0.2) is 15.9 Å². The number of anilines is 1. The lowest BCUT2D eigenvalue weighted by Gasteiger charge is -2.29. The van der Waals surface area contributed by atoms with Crippen molar-refractivity contribution in [1.82, 2.24) is 5.32 Å². The van der Waals surface area contributed by atoms with Crippen molar-refractivity contribution in [2.45, 2.75) is 30.0 Å². The second-order valence-corrected chi connectivity index (χ2v) is 7.78. The predicted molar refractivity (Wildman–Crippen MR) is 87.1 cm³/mol. The van der Waals surface area contributed by atoms with E-state index in [1.165, 1.54) is 0 Å². The molecule has 1 rings (SSSR count). The summed E-state index contributed by atoms with van der Waals surface area (Å²) in [7, 11) is 0. The van der Waals surface area contributed by atoms with E-state index in [0.717, 1.165) is 18.2 Å². The van der Waals surface area contributed by atoms with Crippen LogP contribution in [0, 0.1) is 5.92 Å². The van der Waals surface area contributed by atoms with Gasteiger partial charge in [0.1, 0.15) is 6.17 Å². The van der Waals surface area contributed by atoms with Gasteiger partial charge in [-0.1, -0.05) is 60.3 Å². The number of amides is 1. The van der Waals surface area contributed by atoms with Crippen molar-refractivity contribution in [3.8, 4) is 0 Å². The van der Waals surface area contributed by atoms with Crippen LogP contribution in [0.1, 0.15) is 19.4 Å². The van der Waals surface area contributed by atoms with E-state index in [4.69, 9.17) is 46.4 Å². The Morgan fingerprint density at radius 2 is 1.74 bits per heavy atom. The second-order valence-electron chi connectivity index (χ2n) is 4.97. The van der Waals surface area contributed by atoms with E-state index in [1.54, 1.807) is 13.8 Å². The predicted octanol–water partition coefficient (Wildman–Crippen LogP) is 5.24. The fourth-order valence-corrected chi connectivity index (χ4v) is 2.05. The molecule has 1 amide bonds. The number of carbonyl (C=O) groups is 1. The summed E-state index contributed by atoms with van der Waals surface area (Å²) >= 11 is 23.0. The number of carbonyl (C=O) groups excluding carboxylic acids is 1. The summed E-state index contributed by atoms with van der Waals surface area (Å²) in [6, 6.07) is 2.92. The normalized spacial score (nSPS) is 13.8. The number of alkyl halides is 6. The van der Waals surface area contributed by atoms with E-state index in [0.29, 0.717) is 0 Å². The maximum Gasteiger partial charge on any atom is 0.418 e. The molecule has 1 aromatic carbocycles. The molecule has 0 aliphatic carbocycles. The van der Waals surface area contributed by atoms with Crippen LogP contribution in [0.5, 0.6) is 0 Å². The molecule has 2 N–H and O–H groups in total. The molecule has 0 fully saturated rings. The summed E-state index contributed by atoms with van der Waals surface area (Å²) in [4.78, 5) is 11.8. The molecule has 1 aromatic rings. The lowest BCUT2D eigenvalue weighted by molar-refractivity contribution is -0.137. The van der Waals surface area contributed by atoms with Crippen LogP contribution in [0.4, 0.5) is 18.9 Å². The number of rotatable bonds is 4. The highest BCUT2D eigenvalue weighted by Gasteiger charge is 2.38. The molecule has 0 saturated heterocycles. The lowest BCUT2D eigenvalue weighted by atomic mass is 10.1. The Kier molecular flexibility index (Phi) is 6.73. The molecule has 3 nitrogen and oxygen atoms in total. The molecule has 130 valence electrons. The maximum absolute atomic E-state index is 13.0. The van der Waals surface area contributed by atoms with Gasteiger partial charge in [-0.25, -0.2) is 0 Å². The molecule has 10 heteroatoms. The average molecular weight is 412 g/mol. The van der Waals surface area contributed by atoms with Crippen LogP contribution in [0.3, 0.4) is 0 Å². The third kappa shape index (κ3) is 6.10. The van der Waals surface area contributed by atoms with Gasteiger partial charge in [0.05, 0.1) is 5.56 Å². The highest BCUT2D eigenvalue weighted by atomic mass is 35.6. The first-order valence-corrected chi connectivity index (χ1v) is 7.84. The lowest BCUT2D eigenvalue weighted by Crippen LogP contribution is -2.50. The quantitative estimate of drug-likeness (QED) is 0.525. The van der Waals surface area contributed by atoms with Gasteiger partial charge in [0.25, 0.3) is 0 Å². The van der Waals surface area contributed by atoms with Crippen molar-refractivity contribution in [2.75, 3.05) is 5.32 Å². The molecular weight excluding hydrogens is 399 g/mol. The Balaban J connectivity index is 3.18. The summed E-state index contributed by atoms with van der Waals surface area (Å²) in [6.45, 7) is 3.18. The Hall–Kier alpha value is -0.560. The fourth-order valence-electron chi connectivity index (χ4n) is 1.55. The zero-order valence-corrected chi connectivity index (χ0v) is 15.0. The summed E-state index contributed by atoms with van der Waals surface area (Å²) in [5.41, 5.74) is -1.41. The summed E-state index contributed by atoms with van der Waals surface area (Å²) in [5, 5.41) is 4.79. The largest absolute Gasteiger partial charge is 0.418 e.